The van der Waals surface area contributed by atoms with Crippen molar-refractivity contribution in [2.24, 2.45) is 0 Å². The van der Waals surface area contributed by atoms with Crippen molar-refractivity contribution in [3.8, 4) is 28.0 Å². The summed E-state index contributed by atoms with van der Waals surface area (Å²) in [4.78, 5) is 3.54. The third-order valence-corrected chi connectivity index (χ3v) is 6.78. The molecule has 0 bridgehead atoms. The first-order valence-electron chi connectivity index (χ1n) is 11.0. The van der Waals surface area contributed by atoms with Crippen LogP contribution in [-0.2, 0) is 0 Å². The lowest BCUT2D eigenvalue weighted by Gasteiger charge is -2.12. The van der Waals surface area contributed by atoms with Crippen molar-refractivity contribution in [2.45, 2.75) is 0 Å². The standard InChI is InChI=1S/C30H22NOP/c1-3-10-21(11-4-1)23-18-24(22-12-5-2-6-13-22)20-25(19-23)33-32-29-17-9-15-27-26-14-7-8-16-28(26)31-30(27)29/h1-20,31,33H. The zero-order valence-corrected chi connectivity index (χ0v) is 19.0. The lowest BCUT2D eigenvalue weighted by molar-refractivity contribution is 0.645. The number of rotatable bonds is 5. The molecule has 158 valence electrons. The molecule has 0 saturated carbocycles. The van der Waals surface area contributed by atoms with Crippen LogP contribution in [0.5, 0.6) is 5.75 Å². The average Bonchev–Trinajstić information content (AvgIpc) is 3.28. The zero-order valence-electron chi connectivity index (χ0n) is 18.0. The molecule has 0 spiro atoms. The average molecular weight is 443 g/mol. The molecule has 2 nitrogen and oxygen atoms in total. The van der Waals surface area contributed by atoms with E-state index in [0.29, 0.717) is 0 Å². The van der Waals surface area contributed by atoms with E-state index in [1.165, 1.54) is 38.3 Å². The molecule has 0 saturated heterocycles. The molecule has 1 aromatic heterocycles. The highest BCUT2D eigenvalue weighted by atomic mass is 31.1. The van der Waals surface area contributed by atoms with Gasteiger partial charge < -0.3 is 9.51 Å². The van der Waals surface area contributed by atoms with Crippen LogP contribution in [0, 0.1) is 0 Å². The number of hydrogen-bond donors (Lipinski definition) is 1. The Bertz CT molecular complexity index is 1500. The molecule has 0 aliphatic heterocycles. The highest BCUT2D eigenvalue weighted by Gasteiger charge is 2.10. The van der Waals surface area contributed by atoms with Gasteiger partial charge in [0.25, 0.3) is 0 Å². The number of para-hydroxylation sites is 2. The lowest BCUT2D eigenvalue weighted by atomic mass is 9.99. The summed E-state index contributed by atoms with van der Waals surface area (Å²) in [6, 6.07) is 42.5. The van der Waals surface area contributed by atoms with E-state index in [1.807, 2.05) is 6.07 Å². The maximum absolute atomic E-state index is 6.41. The third kappa shape index (κ3) is 3.91. The van der Waals surface area contributed by atoms with Crippen LogP contribution in [0.4, 0.5) is 0 Å². The molecular formula is C30H22NOP. The van der Waals surface area contributed by atoms with E-state index in [-0.39, 0.29) is 8.81 Å². The smallest absolute Gasteiger partial charge is 0.147 e. The minimum absolute atomic E-state index is 0.195. The van der Waals surface area contributed by atoms with Gasteiger partial charge in [0.05, 0.1) is 5.52 Å². The Hall–Kier alpha value is -3.87. The minimum atomic E-state index is 0.195. The van der Waals surface area contributed by atoms with Crippen LogP contribution in [-0.4, -0.2) is 4.98 Å². The molecule has 6 aromatic rings. The highest BCUT2D eigenvalue weighted by molar-refractivity contribution is 7.42. The van der Waals surface area contributed by atoms with Crippen molar-refractivity contribution in [3.05, 3.63) is 121 Å². The Labute approximate surface area is 194 Å². The fourth-order valence-corrected chi connectivity index (χ4v) is 5.15. The van der Waals surface area contributed by atoms with Gasteiger partial charge in [-0.3, -0.25) is 0 Å². The summed E-state index contributed by atoms with van der Waals surface area (Å²) in [6.45, 7) is 0. The van der Waals surface area contributed by atoms with Gasteiger partial charge in [0, 0.05) is 21.6 Å². The van der Waals surface area contributed by atoms with Crippen molar-refractivity contribution in [1.82, 2.24) is 4.98 Å². The van der Waals surface area contributed by atoms with E-state index in [0.717, 1.165) is 16.8 Å². The third-order valence-electron chi connectivity index (χ3n) is 5.93. The first-order chi connectivity index (χ1) is 16.3. The number of hydrogen-bond acceptors (Lipinski definition) is 1. The summed E-state index contributed by atoms with van der Waals surface area (Å²) in [5.74, 6) is 0.883. The molecule has 1 N–H and O–H groups in total. The van der Waals surface area contributed by atoms with Crippen molar-refractivity contribution in [1.29, 1.82) is 0 Å². The Balaban J connectivity index is 1.39. The second-order valence-corrected chi connectivity index (χ2v) is 9.07. The van der Waals surface area contributed by atoms with Gasteiger partial charge in [0.1, 0.15) is 14.6 Å². The molecule has 0 aliphatic rings. The number of nitrogens with one attached hydrogen (secondary N) is 1. The van der Waals surface area contributed by atoms with Crippen molar-refractivity contribution < 1.29 is 4.52 Å². The second-order valence-electron chi connectivity index (χ2n) is 8.08. The van der Waals surface area contributed by atoms with Crippen LogP contribution in [0.2, 0.25) is 0 Å². The van der Waals surface area contributed by atoms with E-state index >= 15 is 0 Å². The van der Waals surface area contributed by atoms with Gasteiger partial charge in [-0.05, 0) is 52.6 Å². The van der Waals surface area contributed by atoms with Gasteiger partial charge in [-0.1, -0.05) is 91.0 Å². The van der Waals surface area contributed by atoms with E-state index in [1.54, 1.807) is 0 Å². The van der Waals surface area contributed by atoms with Crippen LogP contribution < -0.4 is 9.83 Å². The van der Waals surface area contributed by atoms with E-state index in [2.05, 4.69) is 120 Å². The molecule has 5 aromatic carbocycles. The summed E-state index contributed by atoms with van der Waals surface area (Å²) in [7, 11) is 0.195. The molecule has 0 fully saturated rings. The maximum Gasteiger partial charge on any atom is 0.147 e. The fourth-order valence-electron chi connectivity index (χ4n) is 4.33. The molecule has 1 atom stereocenters. The SMILES string of the molecule is c1ccc(-c2cc(POc3cccc4c3[nH]c3ccccc34)cc(-c3ccccc3)c2)cc1. The normalized spacial score (nSPS) is 11.5. The van der Waals surface area contributed by atoms with Gasteiger partial charge in [-0.15, -0.1) is 0 Å². The van der Waals surface area contributed by atoms with Crippen LogP contribution in [0.25, 0.3) is 44.1 Å². The van der Waals surface area contributed by atoms with Gasteiger partial charge in [0.2, 0.25) is 0 Å². The summed E-state index contributed by atoms with van der Waals surface area (Å²) in [6.07, 6.45) is 0. The number of benzene rings is 5. The zero-order chi connectivity index (χ0) is 22.0. The van der Waals surface area contributed by atoms with Gasteiger partial charge in [-0.2, -0.15) is 0 Å². The molecule has 0 aliphatic carbocycles. The highest BCUT2D eigenvalue weighted by Crippen LogP contribution is 2.35. The van der Waals surface area contributed by atoms with E-state index in [9.17, 15) is 0 Å². The molecule has 33 heavy (non-hydrogen) atoms. The van der Waals surface area contributed by atoms with Gasteiger partial charge in [-0.25, -0.2) is 0 Å². The van der Waals surface area contributed by atoms with Crippen LogP contribution in [0.15, 0.2) is 121 Å². The number of fused-ring (bicyclic) bond motifs is 3. The number of H-pyrrole nitrogens is 1. The van der Waals surface area contributed by atoms with Gasteiger partial charge in [0.15, 0.2) is 0 Å². The largest absolute Gasteiger partial charge is 0.470 e. The molecule has 0 amide bonds. The summed E-state index contributed by atoms with van der Waals surface area (Å²) in [5.41, 5.74) is 7.00. The lowest BCUT2D eigenvalue weighted by Crippen LogP contribution is -1.99. The Morgan fingerprint density at radius 2 is 1.12 bits per heavy atom. The molecule has 3 heteroatoms. The minimum Gasteiger partial charge on any atom is -0.470 e. The molecule has 1 heterocycles. The topological polar surface area (TPSA) is 25.0 Å². The predicted molar refractivity (Wildman–Crippen MR) is 142 cm³/mol. The quantitative estimate of drug-likeness (QED) is 0.269. The van der Waals surface area contributed by atoms with Crippen molar-refractivity contribution in [3.63, 3.8) is 0 Å². The van der Waals surface area contributed by atoms with Gasteiger partial charge >= 0.3 is 0 Å². The second kappa shape index (κ2) is 8.58. The summed E-state index contributed by atoms with van der Waals surface area (Å²) in [5, 5.41) is 3.58. The monoisotopic (exact) mass is 443 g/mol. The van der Waals surface area contributed by atoms with Crippen molar-refractivity contribution in [2.75, 3.05) is 0 Å². The van der Waals surface area contributed by atoms with Crippen molar-refractivity contribution >= 4 is 35.9 Å². The number of aromatic nitrogens is 1. The molecule has 1 unspecified atom stereocenters. The first-order valence-corrected chi connectivity index (χ1v) is 11.9. The van der Waals surface area contributed by atoms with Crippen LogP contribution >= 0.6 is 8.81 Å². The Morgan fingerprint density at radius 1 is 0.515 bits per heavy atom. The summed E-state index contributed by atoms with van der Waals surface area (Å²) >= 11 is 0. The summed E-state index contributed by atoms with van der Waals surface area (Å²) < 4.78 is 6.41. The molecular weight excluding hydrogens is 421 g/mol. The Kier molecular flexibility index (Phi) is 5.14. The molecule has 0 radical (unpaired) electrons. The predicted octanol–water partition coefficient (Wildman–Crippen LogP) is 7.95. The van der Waals surface area contributed by atoms with Crippen LogP contribution in [0.1, 0.15) is 0 Å². The van der Waals surface area contributed by atoms with E-state index < -0.39 is 0 Å². The fraction of sp³-hybridized carbons (Fsp3) is 0. The first kappa shape index (κ1) is 19.8. The number of aromatic amines is 1. The molecule has 6 rings (SSSR count). The Morgan fingerprint density at radius 3 is 1.82 bits per heavy atom. The van der Waals surface area contributed by atoms with E-state index in [4.69, 9.17) is 4.52 Å². The maximum atomic E-state index is 6.41. The van der Waals surface area contributed by atoms with Crippen LogP contribution in [0.3, 0.4) is 0 Å².